The number of benzene rings is 1. The average molecular weight is 165 g/mol. The summed E-state index contributed by atoms with van der Waals surface area (Å²) in [5, 5.41) is 19.0. The molecule has 0 amide bonds. The number of hydrogen-bond acceptors (Lipinski definition) is 3. The molecule has 3 nitrogen and oxygen atoms in total. The van der Waals surface area contributed by atoms with Crippen molar-refractivity contribution in [2.45, 2.75) is 18.2 Å². The lowest BCUT2D eigenvalue weighted by atomic mass is 10.1. The van der Waals surface area contributed by atoms with E-state index in [-0.39, 0.29) is 12.5 Å². The van der Waals surface area contributed by atoms with Crippen LogP contribution in [-0.2, 0) is 5.79 Å². The molecule has 1 aromatic carbocycles. The van der Waals surface area contributed by atoms with Gasteiger partial charge in [-0.05, 0) is 5.56 Å². The van der Waals surface area contributed by atoms with Crippen molar-refractivity contribution >= 4 is 0 Å². The Morgan fingerprint density at radius 3 is 2.67 bits per heavy atom. The number of rotatable bonds is 0. The molecule has 0 heterocycles. The van der Waals surface area contributed by atoms with Crippen LogP contribution < -0.4 is 5.73 Å². The Kier molecular flexibility index (Phi) is 1.48. The molecule has 0 saturated carbocycles. The van der Waals surface area contributed by atoms with E-state index >= 15 is 0 Å². The third kappa shape index (κ3) is 0.948. The van der Waals surface area contributed by atoms with E-state index in [2.05, 4.69) is 0 Å². The van der Waals surface area contributed by atoms with Gasteiger partial charge in [0, 0.05) is 18.0 Å². The van der Waals surface area contributed by atoms with Crippen molar-refractivity contribution in [2.75, 3.05) is 0 Å². The van der Waals surface area contributed by atoms with E-state index in [1.165, 1.54) is 0 Å². The predicted octanol–water partition coefficient (Wildman–Crippen LogP) is 0.228. The highest BCUT2D eigenvalue weighted by atomic mass is 16.5. The quantitative estimate of drug-likeness (QED) is 0.482. The van der Waals surface area contributed by atoms with Crippen LogP contribution in [-0.4, -0.2) is 10.2 Å². The first-order valence-corrected chi connectivity index (χ1v) is 3.91. The van der Waals surface area contributed by atoms with Crippen LogP contribution in [0.1, 0.15) is 23.6 Å². The Balaban J connectivity index is 2.58. The van der Waals surface area contributed by atoms with E-state index in [1.807, 2.05) is 12.1 Å². The Morgan fingerprint density at radius 1 is 1.33 bits per heavy atom. The first-order chi connectivity index (χ1) is 5.61. The first kappa shape index (κ1) is 7.73. The maximum atomic E-state index is 9.49. The van der Waals surface area contributed by atoms with Crippen molar-refractivity contribution in [3.63, 3.8) is 0 Å². The molecule has 1 atom stereocenters. The number of hydrogen-bond donors (Lipinski definition) is 3. The monoisotopic (exact) mass is 165 g/mol. The molecule has 1 aliphatic rings. The van der Waals surface area contributed by atoms with Gasteiger partial charge in [0.25, 0.3) is 0 Å². The third-order valence-corrected chi connectivity index (χ3v) is 2.30. The van der Waals surface area contributed by atoms with Crippen molar-refractivity contribution in [1.29, 1.82) is 0 Å². The molecule has 3 heteroatoms. The van der Waals surface area contributed by atoms with Crippen LogP contribution in [0.2, 0.25) is 0 Å². The summed E-state index contributed by atoms with van der Waals surface area (Å²) in [5.41, 5.74) is 7.08. The fraction of sp³-hybridized carbons (Fsp3) is 0.333. The van der Waals surface area contributed by atoms with Gasteiger partial charge in [-0.1, -0.05) is 24.3 Å². The van der Waals surface area contributed by atoms with Gasteiger partial charge in [-0.3, -0.25) is 0 Å². The predicted molar refractivity (Wildman–Crippen MR) is 44.1 cm³/mol. The topological polar surface area (TPSA) is 66.5 Å². The average Bonchev–Trinajstić information content (AvgIpc) is 2.25. The molecule has 1 unspecified atom stereocenters. The van der Waals surface area contributed by atoms with Gasteiger partial charge >= 0.3 is 0 Å². The molecule has 1 aliphatic carbocycles. The molecule has 4 N–H and O–H groups in total. The van der Waals surface area contributed by atoms with Crippen molar-refractivity contribution in [3.05, 3.63) is 35.4 Å². The molecular weight excluding hydrogens is 154 g/mol. The van der Waals surface area contributed by atoms with Crippen LogP contribution in [0.15, 0.2) is 24.3 Å². The maximum Gasteiger partial charge on any atom is 0.191 e. The highest BCUT2D eigenvalue weighted by Gasteiger charge is 2.38. The molecule has 1 aromatic rings. The van der Waals surface area contributed by atoms with Gasteiger partial charge in [0.1, 0.15) is 0 Å². The zero-order valence-corrected chi connectivity index (χ0v) is 6.57. The molecule has 0 spiro atoms. The summed E-state index contributed by atoms with van der Waals surface area (Å²) in [5.74, 6) is -1.73. The second-order valence-electron chi connectivity index (χ2n) is 3.21. The fourth-order valence-electron chi connectivity index (χ4n) is 1.71. The lowest BCUT2D eigenvalue weighted by Gasteiger charge is -2.15. The molecule has 0 fully saturated rings. The third-order valence-electron chi connectivity index (χ3n) is 2.30. The van der Waals surface area contributed by atoms with Gasteiger partial charge in [0.05, 0.1) is 0 Å². The van der Waals surface area contributed by atoms with Crippen molar-refractivity contribution in [2.24, 2.45) is 5.73 Å². The van der Waals surface area contributed by atoms with E-state index in [9.17, 15) is 10.2 Å². The maximum absolute atomic E-state index is 9.49. The summed E-state index contributed by atoms with van der Waals surface area (Å²) in [6.07, 6.45) is 0.187. The molecule has 0 aromatic heterocycles. The van der Waals surface area contributed by atoms with Crippen LogP contribution in [0.5, 0.6) is 0 Å². The van der Waals surface area contributed by atoms with Gasteiger partial charge in [-0.25, -0.2) is 0 Å². The summed E-state index contributed by atoms with van der Waals surface area (Å²) in [6, 6.07) is 6.89. The SMILES string of the molecule is NC1CC(O)(O)c2ccccc21. The highest BCUT2D eigenvalue weighted by molar-refractivity contribution is 5.37. The summed E-state index contributed by atoms with van der Waals surface area (Å²) in [7, 11) is 0. The van der Waals surface area contributed by atoms with Crippen molar-refractivity contribution in [1.82, 2.24) is 0 Å². The Hall–Kier alpha value is -0.900. The molecule has 2 rings (SSSR count). The normalized spacial score (nSPS) is 25.4. The smallest absolute Gasteiger partial charge is 0.191 e. The van der Waals surface area contributed by atoms with E-state index in [4.69, 9.17) is 5.73 Å². The standard InChI is InChI=1S/C9H11NO2/c10-8-5-9(11,12)7-4-2-1-3-6(7)8/h1-4,8,11-12H,5,10H2. The number of fused-ring (bicyclic) bond motifs is 1. The van der Waals surface area contributed by atoms with E-state index < -0.39 is 5.79 Å². The number of aliphatic hydroxyl groups is 2. The molecular formula is C9H11NO2. The molecule has 0 radical (unpaired) electrons. The van der Waals surface area contributed by atoms with Crippen molar-refractivity contribution in [3.8, 4) is 0 Å². The van der Waals surface area contributed by atoms with E-state index in [1.54, 1.807) is 12.1 Å². The van der Waals surface area contributed by atoms with E-state index in [0.29, 0.717) is 5.56 Å². The fourth-order valence-corrected chi connectivity index (χ4v) is 1.71. The highest BCUT2D eigenvalue weighted by Crippen LogP contribution is 2.39. The van der Waals surface area contributed by atoms with Gasteiger partial charge in [0.15, 0.2) is 5.79 Å². The van der Waals surface area contributed by atoms with Crippen LogP contribution >= 0.6 is 0 Å². The molecule has 12 heavy (non-hydrogen) atoms. The first-order valence-electron chi connectivity index (χ1n) is 3.91. The second-order valence-corrected chi connectivity index (χ2v) is 3.21. The van der Waals surface area contributed by atoms with Crippen LogP contribution in [0, 0.1) is 0 Å². The Bertz CT molecular complexity index is 309. The zero-order valence-electron chi connectivity index (χ0n) is 6.57. The number of nitrogens with two attached hydrogens (primary N) is 1. The summed E-state index contributed by atoms with van der Waals surface area (Å²) < 4.78 is 0. The Labute approximate surface area is 70.4 Å². The van der Waals surface area contributed by atoms with Crippen molar-refractivity contribution < 1.29 is 10.2 Å². The molecule has 64 valence electrons. The van der Waals surface area contributed by atoms with Crippen LogP contribution in [0.3, 0.4) is 0 Å². The summed E-state index contributed by atoms with van der Waals surface area (Å²) >= 11 is 0. The summed E-state index contributed by atoms with van der Waals surface area (Å²) in [4.78, 5) is 0. The lowest BCUT2D eigenvalue weighted by Crippen LogP contribution is -2.22. The molecule has 0 bridgehead atoms. The molecule has 0 saturated heterocycles. The zero-order chi connectivity index (χ0) is 8.77. The minimum absolute atomic E-state index is 0.187. The van der Waals surface area contributed by atoms with Crippen LogP contribution in [0.4, 0.5) is 0 Å². The largest absolute Gasteiger partial charge is 0.362 e. The minimum atomic E-state index is -1.73. The lowest BCUT2D eigenvalue weighted by molar-refractivity contribution is -0.169. The Morgan fingerprint density at radius 2 is 2.00 bits per heavy atom. The minimum Gasteiger partial charge on any atom is -0.362 e. The van der Waals surface area contributed by atoms with Gasteiger partial charge in [-0.15, -0.1) is 0 Å². The van der Waals surface area contributed by atoms with Gasteiger partial charge in [0.2, 0.25) is 0 Å². The van der Waals surface area contributed by atoms with Crippen LogP contribution in [0.25, 0.3) is 0 Å². The van der Waals surface area contributed by atoms with Gasteiger partial charge in [-0.2, -0.15) is 0 Å². The second kappa shape index (κ2) is 2.29. The molecule has 0 aliphatic heterocycles. The van der Waals surface area contributed by atoms with Gasteiger partial charge < -0.3 is 15.9 Å². The summed E-state index contributed by atoms with van der Waals surface area (Å²) in [6.45, 7) is 0. The van der Waals surface area contributed by atoms with E-state index in [0.717, 1.165) is 5.56 Å².